The van der Waals surface area contributed by atoms with Gasteiger partial charge in [0.25, 0.3) is 11.8 Å². The van der Waals surface area contributed by atoms with E-state index in [-0.39, 0.29) is 5.56 Å². The standard InChI is InChI=1S/C17H18ClN3O4S/c1-12-6-3-4-9-15(12)21(26(2,24)25)11-16(22)19-20-17(23)13-7-5-8-14(18)10-13/h3-10H,11H2,1-2H3,(H,19,22)(H,20,23). The van der Waals surface area contributed by atoms with Crippen molar-refractivity contribution in [3.63, 3.8) is 0 Å². The van der Waals surface area contributed by atoms with Crippen molar-refractivity contribution in [3.8, 4) is 0 Å². The number of nitrogens with zero attached hydrogens (tertiary/aromatic N) is 1. The van der Waals surface area contributed by atoms with Gasteiger partial charge in [0.15, 0.2) is 0 Å². The minimum Gasteiger partial charge on any atom is -0.271 e. The van der Waals surface area contributed by atoms with E-state index < -0.39 is 28.4 Å². The Balaban J connectivity index is 2.06. The maximum absolute atomic E-state index is 12.1. The SMILES string of the molecule is Cc1ccccc1N(CC(=O)NNC(=O)c1cccc(Cl)c1)S(C)(=O)=O. The van der Waals surface area contributed by atoms with E-state index in [4.69, 9.17) is 11.6 Å². The molecule has 0 aliphatic rings. The van der Waals surface area contributed by atoms with Crippen LogP contribution in [0.4, 0.5) is 5.69 Å². The number of rotatable bonds is 5. The van der Waals surface area contributed by atoms with E-state index in [0.717, 1.165) is 10.6 Å². The molecule has 0 spiro atoms. The highest BCUT2D eigenvalue weighted by molar-refractivity contribution is 7.92. The van der Waals surface area contributed by atoms with E-state index in [1.165, 1.54) is 12.1 Å². The maximum Gasteiger partial charge on any atom is 0.269 e. The molecule has 0 aromatic heterocycles. The van der Waals surface area contributed by atoms with Gasteiger partial charge in [0, 0.05) is 10.6 Å². The molecule has 7 nitrogen and oxygen atoms in total. The molecular weight excluding hydrogens is 378 g/mol. The van der Waals surface area contributed by atoms with Crippen molar-refractivity contribution in [2.75, 3.05) is 17.1 Å². The van der Waals surface area contributed by atoms with Gasteiger partial charge in [0.1, 0.15) is 6.54 Å². The number of hydrazine groups is 1. The second-order valence-electron chi connectivity index (χ2n) is 5.57. The van der Waals surface area contributed by atoms with Gasteiger partial charge >= 0.3 is 0 Å². The van der Waals surface area contributed by atoms with E-state index in [2.05, 4.69) is 10.9 Å². The molecule has 0 heterocycles. The van der Waals surface area contributed by atoms with Crippen LogP contribution < -0.4 is 15.2 Å². The van der Waals surface area contributed by atoms with Gasteiger partial charge in [0.2, 0.25) is 10.0 Å². The number of hydrogen-bond acceptors (Lipinski definition) is 4. The van der Waals surface area contributed by atoms with Crippen LogP contribution in [0.2, 0.25) is 5.02 Å². The zero-order chi connectivity index (χ0) is 19.3. The number of amides is 2. The fourth-order valence-electron chi connectivity index (χ4n) is 2.22. The molecule has 0 aliphatic heterocycles. The summed E-state index contributed by atoms with van der Waals surface area (Å²) in [4.78, 5) is 24.1. The van der Waals surface area contributed by atoms with Gasteiger partial charge < -0.3 is 0 Å². The fourth-order valence-corrected chi connectivity index (χ4v) is 3.33. The largest absolute Gasteiger partial charge is 0.271 e. The van der Waals surface area contributed by atoms with Crippen LogP contribution in [-0.2, 0) is 14.8 Å². The minimum atomic E-state index is -3.69. The van der Waals surface area contributed by atoms with Gasteiger partial charge in [-0.15, -0.1) is 0 Å². The lowest BCUT2D eigenvalue weighted by atomic mass is 10.2. The monoisotopic (exact) mass is 395 g/mol. The summed E-state index contributed by atoms with van der Waals surface area (Å²) in [6.07, 6.45) is 1.01. The molecule has 138 valence electrons. The quantitative estimate of drug-likeness (QED) is 0.755. The second kappa shape index (κ2) is 8.20. The average molecular weight is 396 g/mol. The minimum absolute atomic E-state index is 0.261. The number of carbonyl (C=O) groups is 2. The van der Waals surface area contributed by atoms with E-state index in [0.29, 0.717) is 16.3 Å². The number of nitrogens with one attached hydrogen (secondary N) is 2. The van der Waals surface area contributed by atoms with Gasteiger partial charge in [-0.2, -0.15) is 0 Å². The zero-order valence-electron chi connectivity index (χ0n) is 14.2. The summed E-state index contributed by atoms with van der Waals surface area (Å²) < 4.78 is 25.1. The van der Waals surface area contributed by atoms with Crippen molar-refractivity contribution >= 4 is 39.1 Å². The Hall–Kier alpha value is -2.58. The number of aryl methyl sites for hydroxylation is 1. The highest BCUT2D eigenvalue weighted by Crippen LogP contribution is 2.21. The van der Waals surface area contributed by atoms with Crippen LogP contribution in [0.1, 0.15) is 15.9 Å². The molecule has 26 heavy (non-hydrogen) atoms. The molecule has 2 N–H and O–H groups in total. The summed E-state index contributed by atoms with van der Waals surface area (Å²) in [6.45, 7) is 1.27. The highest BCUT2D eigenvalue weighted by Gasteiger charge is 2.22. The van der Waals surface area contributed by atoms with Crippen molar-refractivity contribution in [3.05, 3.63) is 64.7 Å². The van der Waals surface area contributed by atoms with Crippen molar-refractivity contribution in [2.24, 2.45) is 0 Å². The molecule has 0 fully saturated rings. The Morgan fingerprint density at radius 3 is 2.38 bits per heavy atom. The first-order chi connectivity index (χ1) is 12.2. The molecule has 0 saturated heterocycles. The van der Waals surface area contributed by atoms with Crippen molar-refractivity contribution in [1.82, 2.24) is 10.9 Å². The van der Waals surface area contributed by atoms with Gasteiger partial charge in [-0.3, -0.25) is 24.7 Å². The lowest BCUT2D eigenvalue weighted by Crippen LogP contribution is -2.47. The van der Waals surface area contributed by atoms with Crippen LogP contribution >= 0.6 is 11.6 Å². The summed E-state index contributed by atoms with van der Waals surface area (Å²) in [5.41, 5.74) is 5.79. The van der Waals surface area contributed by atoms with Gasteiger partial charge in [-0.05, 0) is 36.8 Å². The molecule has 0 aliphatic carbocycles. The van der Waals surface area contributed by atoms with Gasteiger partial charge in [-0.25, -0.2) is 8.42 Å². The number of benzene rings is 2. The smallest absolute Gasteiger partial charge is 0.269 e. The summed E-state index contributed by atoms with van der Waals surface area (Å²) in [5, 5.41) is 0.381. The molecule has 2 rings (SSSR count). The lowest BCUT2D eigenvalue weighted by Gasteiger charge is -2.23. The summed E-state index contributed by atoms with van der Waals surface area (Å²) in [5.74, 6) is -1.25. The third-order valence-electron chi connectivity index (χ3n) is 3.47. The van der Waals surface area contributed by atoms with Crippen molar-refractivity contribution < 1.29 is 18.0 Å². The number of hydrogen-bond donors (Lipinski definition) is 2. The maximum atomic E-state index is 12.1. The Kier molecular flexibility index (Phi) is 6.23. The van der Waals surface area contributed by atoms with Crippen LogP contribution in [-0.4, -0.2) is 33.0 Å². The fraction of sp³-hybridized carbons (Fsp3) is 0.176. The molecular formula is C17H18ClN3O4S. The molecule has 2 aromatic rings. The summed E-state index contributed by atoms with van der Waals surface area (Å²) in [6, 6.07) is 13.0. The first kappa shape index (κ1) is 19.7. The van der Waals surface area contributed by atoms with E-state index in [1.54, 1.807) is 43.3 Å². The molecule has 9 heteroatoms. The van der Waals surface area contributed by atoms with Crippen LogP contribution in [0.15, 0.2) is 48.5 Å². The molecule has 0 atom stereocenters. The molecule has 0 bridgehead atoms. The van der Waals surface area contributed by atoms with Gasteiger partial charge in [0.05, 0.1) is 11.9 Å². The predicted molar refractivity (Wildman–Crippen MR) is 100 cm³/mol. The molecule has 0 radical (unpaired) electrons. The average Bonchev–Trinajstić information content (AvgIpc) is 2.57. The number of halogens is 1. The molecule has 0 unspecified atom stereocenters. The van der Waals surface area contributed by atoms with Crippen LogP contribution in [0, 0.1) is 6.92 Å². The number of carbonyl (C=O) groups excluding carboxylic acids is 2. The van der Waals surface area contributed by atoms with E-state index in [9.17, 15) is 18.0 Å². The third kappa shape index (κ3) is 5.21. The van der Waals surface area contributed by atoms with E-state index >= 15 is 0 Å². The molecule has 2 aromatic carbocycles. The Morgan fingerprint density at radius 1 is 1.08 bits per heavy atom. The Labute approximate surface area is 157 Å². The predicted octanol–water partition coefficient (Wildman–Crippen LogP) is 1.88. The van der Waals surface area contributed by atoms with E-state index in [1.807, 2.05) is 0 Å². The number of sulfonamides is 1. The Morgan fingerprint density at radius 2 is 1.77 bits per heavy atom. The lowest BCUT2D eigenvalue weighted by molar-refractivity contribution is -0.120. The number of anilines is 1. The molecule has 0 saturated carbocycles. The van der Waals surface area contributed by atoms with Crippen molar-refractivity contribution in [1.29, 1.82) is 0 Å². The topological polar surface area (TPSA) is 95.6 Å². The van der Waals surface area contributed by atoms with Crippen LogP contribution in [0.5, 0.6) is 0 Å². The van der Waals surface area contributed by atoms with Crippen LogP contribution in [0.3, 0.4) is 0 Å². The normalized spacial score (nSPS) is 10.9. The summed E-state index contributed by atoms with van der Waals surface area (Å²) >= 11 is 5.81. The van der Waals surface area contributed by atoms with Crippen LogP contribution in [0.25, 0.3) is 0 Å². The summed E-state index contributed by atoms with van der Waals surface area (Å²) in [7, 11) is -3.69. The molecule has 2 amide bonds. The second-order valence-corrected chi connectivity index (χ2v) is 7.91. The zero-order valence-corrected chi connectivity index (χ0v) is 15.8. The first-order valence-electron chi connectivity index (χ1n) is 7.56. The third-order valence-corrected chi connectivity index (χ3v) is 4.84. The van der Waals surface area contributed by atoms with Crippen molar-refractivity contribution in [2.45, 2.75) is 6.92 Å². The first-order valence-corrected chi connectivity index (χ1v) is 9.79. The highest BCUT2D eigenvalue weighted by atomic mass is 35.5. The number of para-hydroxylation sites is 1. The Bertz CT molecular complexity index is 931. The van der Waals surface area contributed by atoms with Gasteiger partial charge in [-0.1, -0.05) is 35.9 Å².